The molecule has 0 radical (unpaired) electrons. The minimum absolute atomic E-state index is 0.144. The van der Waals surface area contributed by atoms with Crippen LogP contribution >= 0.6 is 24.2 Å². The largest absolute Gasteiger partial charge is 0.243 e. The van der Waals surface area contributed by atoms with E-state index in [4.69, 9.17) is 11.6 Å². The Balaban J connectivity index is 3.17. The minimum Gasteiger partial charge on any atom is -0.243 e. The average Bonchev–Trinajstić information content (AvgIpc) is 1.80. The van der Waals surface area contributed by atoms with Crippen LogP contribution in [0, 0.1) is 5.82 Å². The zero-order valence-corrected chi connectivity index (χ0v) is 5.96. The molecule has 0 aromatic carbocycles. The molecule has 1 heterocycles. The molecule has 9 heavy (non-hydrogen) atoms. The molecule has 0 bridgehead atoms. The summed E-state index contributed by atoms with van der Waals surface area (Å²) < 4.78 is 12.4. The van der Waals surface area contributed by atoms with E-state index in [0.717, 1.165) is 6.07 Å². The van der Waals surface area contributed by atoms with Crippen molar-refractivity contribution in [2.45, 2.75) is 4.90 Å². The molecule has 0 aliphatic heterocycles. The molecule has 1 aromatic rings. The van der Waals surface area contributed by atoms with Gasteiger partial charge in [-0.15, -0.1) is 12.6 Å². The third kappa shape index (κ3) is 1.56. The number of rotatable bonds is 0. The molecule has 0 fully saturated rings. The molecule has 0 N–H and O–H groups in total. The number of pyridine rings is 1. The van der Waals surface area contributed by atoms with Gasteiger partial charge in [-0.05, 0) is 0 Å². The summed E-state index contributed by atoms with van der Waals surface area (Å²) >= 11 is 9.08. The molecule has 1 nitrogen and oxygen atoms in total. The Hall–Kier alpha value is -0.280. The van der Waals surface area contributed by atoms with Gasteiger partial charge in [-0.2, -0.15) is 0 Å². The van der Waals surface area contributed by atoms with Crippen LogP contribution in [-0.4, -0.2) is 4.98 Å². The second-order valence-corrected chi connectivity index (χ2v) is 2.33. The van der Waals surface area contributed by atoms with Crippen LogP contribution in [0.3, 0.4) is 0 Å². The summed E-state index contributed by atoms with van der Waals surface area (Å²) in [5.74, 6) is -0.446. The summed E-state index contributed by atoms with van der Waals surface area (Å²) in [6.07, 6.45) is 1.26. The SMILES string of the molecule is Fc1cc(Cl)ncc1S. The molecule has 0 spiro atoms. The third-order valence-corrected chi connectivity index (χ3v) is 1.34. The van der Waals surface area contributed by atoms with Crippen molar-refractivity contribution < 1.29 is 4.39 Å². The fourth-order valence-corrected chi connectivity index (χ4v) is 0.667. The maximum absolute atomic E-state index is 12.4. The van der Waals surface area contributed by atoms with E-state index >= 15 is 0 Å². The molecular weight excluding hydrogens is 161 g/mol. The van der Waals surface area contributed by atoms with Crippen LogP contribution in [0.15, 0.2) is 17.2 Å². The lowest BCUT2D eigenvalue weighted by Gasteiger charge is -1.91. The summed E-state index contributed by atoms with van der Waals surface area (Å²) in [6, 6.07) is 1.11. The van der Waals surface area contributed by atoms with Gasteiger partial charge in [0, 0.05) is 12.3 Å². The Kier molecular flexibility index (Phi) is 1.93. The van der Waals surface area contributed by atoms with Crippen molar-refractivity contribution >= 4 is 24.2 Å². The minimum atomic E-state index is -0.446. The zero-order valence-electron chi connectivity index (χ0n) is 4.31. The molecule has 0 amide bonds. The molecule has 0 atom stereocenters. The maximum Gasteiger partial charge on any atom is 0.141 e. The van der Waals surface area contributed by atoms with E-state index < -0.39 is 5.82 Å². The van der Waals surface area contributed by atoms with Gasteiger partial charge in [0.05, 0.1) is 4.90 Å². The normalized spacial score (nSPS) is 9.67. The monoisotopic (exact) mass is 163 g/mol. The first-order valence-corrected chi connectivity index (χ1v) is 3.02. The highest BCUT2D eigenvalue weighted by Gasteiger charge is 1.96. The summed E-state index contributed by atoms with van der Waals surface area (Å²) in [5.41, 5.74) is 0. The molecule has 0 aliphatic carbocycles. The van der Waals surface area contributed by atoms with Crippen molar-refractivity contribution in [2.75, 3.05) is 0 Å². The van der Waals surface area contributed by atoms with Crippen LogP contribution in [0.2, 0.25) is 5.15 Å². The van der Waals surface area contributed by atoms with Crippen molar-refractivity contribution in [3.63, 3.8) is 0 Å². The Morgan fingerprint density at radius 3 is 2.78 bits per heavy atom. The zero-order chi connectivity index (χ0) is 6.85. The second kappa shape index (κ2) is 2.54. The fourth-order valence-electron chi connectivity index (χ4n) is 0.400. The summed E-state index contributed by atoms with van der Waals surface area (Å²) in [4.78, 5) is 3.80. The predicted molar refractivity (Wildman–Crippen MR) is 36.5 cm³/mol. The van der Waals surface area contributed by atoms with Gasteiger partial charge in [0.15, 0.2) is 0 Å². The van der Waals surface area contributed by atoms with Gasteiger partial charge >= 0.3 is 0 Å². The van der Waals surface area contributed by atoms with Crippen LogP contribution < -0.4 is 0 Å². The van der Waals surface area contributed by atoms with Crippen LogP contribution in [0.5, 0.6) is 0 Å². The quantitative estimate of drug-likeness (QED) is 0.457. The number of halogens is 2. The van der Waals surface area contributed by atoms with E-state index in [-0.39, 0.29) is 10.0 Å². The van der Waals surface area contributed by atoms with E-state index in [1.54, 1.807) is 0 Å². The van der Waals surface area contributed by atoms with Gasteiger partial charge in [0.25, 0.3) is 0 Å². The second-order valence-electron chi connectivity index (χ2n) is 1.46. The molecule has 0 saturated heterocycles. The molecule has 4 heteroatoms. The predicted octanol–water partition coefficient (Wildman–Crippen LogP) is 2.16. The van der Waals surface area contributed by atoms with Crippen molar-refractivity contribution in [3.05, 3.63) is 23.2 Å². The van der Waals surface area contributed by atoms with E-state index in [1.165, 1.54) is 6.20 Å². The van der Waals surface area contributed by atoms with E-state index in [1.807, 2.05) is 0 Å². The first-order chi connectivity index (χ1) is 4.20. The number of hydrogen-bond donors (Lipinski definition) is 1. The van der Waals surface area contributed by atoms with Crippen molar-refractivity contribution in [2.24, 2.45) is 0 Å². The first-order valence-electron chi connectivity index (χ1n) is 2.20. The standard InChI is InChI=1S/C5H3ClFNS/c6-5-1-3(7)4(9)2-8-5/h1-2,9H. The van der Waals surface area contributed by atoms with Gasteiger partial charge in [-0.3, -0.25) is 0 Å². The fraction of sp³-hybridized carbons (Fsp3) is 0. The number of thiol groups is 1. The smallest absolute Gasteiger partial charge is 0.141 e. The molecule has 0 aliphatic rings. The highest BCUT2D eigenvalue weighted by Crippen LogP contribution is 2.13. The van der Waals surface area contributed by atoms with E-state index in [0.29, 0.717) is 0 Å². The molecular formula is C5H3ClFNS. The lowest BCUT2D eigenvalue weighted by atomic mass is 10.5. The Morgan fingerprint density at radius 2 is 2.33 bits per heavy atom. The van der Waals surface area contributed by atoms with E-state index in [2.05, 4.69) is 17.6 Å². The Morgan fingerprint density at radius 1 is 1.67 bits per heavy atom. The van der Waals surface area contributed by atoms with Gasteiger partial charge in [-0.1, -0.05) is 11.6 Å². The molecule has 1 rings (SSSR count). The lowest BCUT2D eigenvalue weighted by molar-refractivity contribution is 0.599. The highest BCUT2D eigenvalue weighted by molar-refractivity contribution is 7.80. The summed E-state index contributed by atoms with van der Waals surface area (Å²) in [5, 5.41) is 0.144. The Labute approximate surface area is 62.3 Å². The van der Waals surface area contributed by atoms with Crippen LogP contribution in [0.1, 0.15) is 0 Å². The number of hydrogen-bond acceptors (Lipinski definition) is 2. The van der Waals surface area contributed by atoms with Gasteiger partial charge in [-0.25, -0.2) is 9.37 Å². The van der Waals surface area contributed by atoms with Crippen LogP contribution in [-0.2, 0) is 0 Å². The Bertz CT molecular complexity index is 228. The van der Waals surface area contributed by atoms with E-state index in [9.17, 15) is 4.39 Å². The number of nitrogens with zero attached hydrogens (tertiary/aromatic N) is 1. The van der Waals surface area contributed by atoms with Crippen molar-refractivity contribution in [1.29, 1.82) is 0 Å². The summed E-state index contributed by atoms with van der Waals surface area (Å²) in [6.45, 7) is 0. The van der Waals surface area contributed by atoms with Gasteiger partial charge in [0.2, 0.25) is 0 Å². The van der Waals surface area contributed by atoms with Crippen molar-refractivity contribution in [3.8, 4) is 0 Å². The summed E-state index contributed by atoms with van der Waals surface area (Å²) in [7, 11) is 0. The lowest BCUT2D eigenvalue weighted by Crippen LogP contribution is -1.79. The van der Waals surface area contributed by atoms with Gasteiger partial charge < -0.3 is 0 Å². The average molecular weight is 164 g/mol. The third-order valence-electron chi connectivity index (χ3n) is 0.801. The van der Waals surface area contributed by atoms with Crippen LogP contribution in [0.25, 0.3) is 0 Å². The number of aromatic nitrogens is 1. The topological polar surface area (TPSA) is 12.9 Å². The van der Waals surface area contributed by atoms with Crippen LogP contribution in [0.4, 0.5) is 4.39 Å². The molecule has 1 aromatic heterocycles. The first kappa shape index (κ1) is 6.83. The molecule has 0 unspecified atom stereocenters. The van der Waals surface area contributed by atoms with Crippen molar-refractivity contribution in [1.82, 2.24) is 4.98 Å². The molecule has 48 valence electrons. The maximum atomic E-state index is 12.4. The highest BCUT2D eigenvalue weighted by atomic mass is 35.5. The molecule has 0 saturated carbocycles. The van der Waals surface area contributed by atoms with Gasteiger partial charge in [0.1, 0.15) is 11.0 Å².